The fourth-order valence-electron chi connectivity index (χ4n) is 0.871. The first-order valence-corrected chi connectivity index (χ1v) is 4.27. The summed E-state index contributed by atoms with van der Waals surface area (Å²) in [5.41, 5.74) is 5.30. The number of rotatable bonds is 3. The zero-order valence-electron chi connectivity index (χ0n) is 8.01. The molecule has 1 rings (SSSR count). The summed E-state index contributed by atoms with van der Waals surface area (Å²) in [7, 11) is 1.63. The average molecular weight is 195 g/mol. The average Bonchev–Trinajstić information content (AvgIpc) is 2.19. The van der Waals surface area contributed by atoms with Gasteiger partial charge < -0.3 is 15.4 Å². The Labute approximate surface area is 82.5 Å². The van der Waals surface area contributed by atoms with Crippen LogP contribution in [0, 0.1) is 0 Å². The second kappa shape index (κ2) is 5.18. The van der Waals surface area contributed by atoms with Crippen molar-refractivity contribution in [3.05, 3.63) is 24.5 Å². The first-order chi connectivity index (χ1) is 6.74. The molecule has 76 valence electrons. The van der Waals surface area contributed by atoms with Crippen LogP contribution in [0.4, 0.5) is 4.79 Å². The van der Waals surface area contributed by atoms with Crippen LogP contribution >= 0.6 is 0 Å². The minimum Gasteiger partial charge on any atom is -0.409 e. The van der Waals surface area contributed by atoms with E-state index in [1.54, 1.807) is 25.4 Å². The Morgan fingerprint density at radius 1 is 1.71 bits per heavy atom. The Kier molecular flexibility index (Phi) is 3.87. The van der Waals surface area contributed by atoms with Crippen molar-refractivity contribution in [1.29, 1.82) is 0 Å². The number of nitrogens with two attached hydrogens (primary N) is 1. The molecular formula is C9H13N3O2. The maximum Gasteiger partial charge on any atom is 0.415 e. The predicted octanol–water partition coefficient (Wildman–Crippen LogP) is 0.471. The highest BCUT2D eigenvalue weighted by Gasteiger charge is 2.09. The van der Waals surface area contributed by atoms with Gasteiger partial charge in [-0.15, -0.1) is 0 Å². The molecule has 1 amide bonds. The summed E-state index contributed by atoms with van der Waals surface area (Å²) >= 11 is 0. The third kappa shape index (κ3) is 3.02. The summed E-state index contributed by atoms with van der Waals surface area (Å²) < 4.78 is 5.00. The van der Waals surface area contributed by atoms with Crippen LogP contribution in [0.25, 0.3) is 0 Å². The minimum absolute atomic E-state index is 0.415. The van der Waals surface area contributed by atoms with E-state index in [4.69, 9.17) is 10.5 Å². The highest BCUT2D eigenvalue weighted by molar-refractivity contribution is 5.70. The monoisotopic (exact) mass is 195 g/mol. The maximum atomic E-state index is 11.3. The number of pyridine rings is 1. The van der Waals surface area contributed by atoms with Crippen molar-refractivity contribution in [3.8, 4) is 5.75 Å². The van der Waals surface area contributed by atoms with Crippen molar-refractivity contribution < 1.29 is 9.53 Å². The predicted molar refractivity (Wildman–Crippen MR) is 51.9 cm³/mol. The summed E-state index contributed by atoms with van der Waals surface area (Å²) in [6.07, 6.45) is 2.67. The lowest BCUT2D eigenvalue weighted by Crippen LogP contribution is -2.33. The number of amides is 1. The SMILES string of the molecule is CN(CCN)C(=O)Oc1cccnc1. The quantitative estimate of drug-likeness (QED) is 0.761. The number of nitrogens with zero attached hydrogens (tertiary/aromatic N) is 2. The van der Waals surface area contributed by atoms with Crippen molar-refractivity contribution in [2.24, 2.45) is 5.73 Å². The number of aromatic nitrogens is 1. The van der Waals surface area contributed by atoms with E-state index in [-0.39, 0.29) is 0 Å². The summed E-state index contributed by atoms with van der Waals surface area (Å²) in [5.74, 6) is 0.432. The Morgan fingerprint density at radius 2 is 2.50 bits per heavy atom. The van der Waals surface area contributed by atoms with Crippen LogP contribution in [-0.4, -0.2) is 36.1 Å². The Balaban J connectivity index is 2.49. The van der Waals surface area contributed by atoms with Gasteiger partial charge >= 0.3 is 6.09 Å². The Hall–Kier alpha value is -1.62. The number of hydrogen-bond donors (Lipinski definition) is 1. The van der Waals surface area contributed by atoms with E-state index in [2.05, 4.69) is 4.98 Å². The second-order valence-corrected chi connectivity index (χ2v) is 2.77. The van der Waals surface area contributed by atoms with Crippen LogP contribution < -0.4 is 10.5 Å². The van der Waals surface area contributed by atoms with Gasteiger partial charge in [-0.2, -0.15) is 0 Å². The fraction of sp³-hybridized carbons (Fsp3) is 0.333. The fourth-order valence-corrected chi connectivity index (χ4v) is 0.871. The molecule has 0 unspecified atom stereocenters. The van der Waals surface area contributed by atoms with E-state index < -0.39 is 6.09 Å². The molecule has 0 atom stereocenters. The molecule has 2 N–H and O–H groups in total. The summed E-state index contributed by atoms with van der Waals surface area (Å²) in [4.78, 5) is 16.6. The van der Waals surface area contributed by atoms with E-state index in [9.17, 15) is 4.79 Å². The molecule has 0 aliphatic rings. The van der Waals surface area contributed by atoms with Gasteiger partial charge in [0.05, 0.1) is 6.20 Å². The van der Waals surface area contributed by atoms with E-state index in [0.717, 1.165) is 0 Å². The van der Waals surface area contributed by atoms with Crippen LogP contribution in [-0.2, 0) is 0 Å². The van der Waals surface area contributed by atoms with Crippen LogP contribution in [0.3, 0.4) is 0 Å². The van der Waals surface area contributed by atoms with Crippen molar-refractivity contribution in [1.82, 2.24) is 9.88 Å². The molecule has 1 aromatic rings. The van der Waals surface area contributed by atoms with Gasteiger partial charge in [0, 0.05) is 26.3 Å². The first-order valence-electron chi connectivity index (χ1n) is 4.27. The van der Waals surface area contributed by atoms with Crippen molar-refractivity contribution in [2.75, 3.05) is 20.1 Å². The lowest BCUT2D eigenvalue weighted by Gasteiger charge is -2.14. The number of ether oxygens (including phenoxy) is 1. The van der Waals surface area contributed by atoms with Gasteiger partial charge in [-0.25, -0.2) is 4.79 Å². The number of carbonyl (C=O) groups excluding carboxylic acids is 1. The molecule has 0 aliphatic heterocycles. The normalized spacial score (nSPS) is 9.57. The van der Waals surface area contributed by atoms with Gasteiger partial charge in [0.1, 0.15) is 0 Å². The summed E-state index contributed by atoms with van der Waals surface area (Å²) in [6.45, 7) is 0.887. The third-order valence-corrected chi connectivity index (χ3v) is 1.62. The Morgan fingerprint density at radius 3 is 3.07 bits per heavy atom. The second-order valence-electron chi connectivity index (χ2n) is 2.77. The van der Waals surface area contributed by atoms with Gasteiger partial charge in [0.15, 0.2) is 5.75 Å². The Bertz CT molecular complexity index is 289. The molecule has 0 aromatic carbocycles. The zero-order chi connectivity index (χ0) is 10.4. The molecule has 0 saturated heterocycles. The van der Waals surface area contributed by atoms with E-state index in [0.29, 0.717) is 18.8 Å². The minimum atomic E-state index is -0.427. The van der Waals surface area contributed by atoms with Crippen LogP contribution in [0.1, 0.15) is 0 Å². The number of carbonyl (C=O) groups is 1. The molecule has 0 radical (unpaired) electrons. The molecule has 0 bridgehead atoms. The molecule has 0 saturated carbocycles. The van der Waals surface area contributed by atoms with E-state index in [1.165, 1.54) is 11.1 Å². The lowest BCUT2D eigenvalue weighted by atomic mass is 10.5. The molecule has 0 spiro atoms. The molecule has 1 aromatic heterocycles. The lowest BCUT2D eigenvalue weighted by molar-refractivity contribution is 0.164. The van der Waals surface area contributed by atoms with Gasteiger partial charge in [-0.05, 0) is 12.1 Å². The topological polar surface area (TPSA) is 68.5 Å². The van der Waals surface area contributed by atoms with Crippen molar-refractivity contribution in [3.63, 3.8) is 0 Å². The van der Waals surface area contributed by atoms with Gasteiger partial charge in [-0.1, -0.05) is 0 Å². The van der Waals surface area contributed by atoms with Gasteiger partial charge in [0.25, 0.3) is 0 Å². The molecular weight excluding hydrogens is 182 g/mol. The highest BCUT2D eigenvalue weighted by Crippen LogP contribution is 2.07. The highest BCUT2D eigenvalue weighted by atomic mass is 16.6. The van der Waals surface area contributed by atoms with Crippen LogP contribution in [0.5, 0.6) is 5.75 Å². The number of hydrogen-bond acceptors (Lipinski definition) is 4. The largest absolute Gasteiger partial charge is 0.415 e. The van der Waals surface area contributed by atoms with Gasteiger partial charge in [-0.3, -0.25) is 4.98 Å². The smallest absolute Gasteiger partial charge is 0.409 e. The molecule has 0 fully saturated rings. The molecule has 0 aliphatic carbocycles. The summed E-state index contributed by atoms with van der Waals surface area (Å²) in [5, 5.41) is 0. The zero-order valence-corrected chi connectivity index (χ0v) is 8.01. The van der Waals surface area contributed by atoms with Crippen molar-refractivity contribution >= 4 is 6.09 Å². The first kappa shape index (κ1) is 10.5. The third-order valence-electron chi connectivity index (χ3n) is 1.62. The standard InChI is InChI=1S/C9H13N3O2/c1-12(6-4-10)9(13)14-8-3-2-5-11-7-8/h2-3,5,7H,4,6,10H2,1H3. The van der Waals surface area contributed by atoms with Gasteiger partial charge in [0.2, 0.25) is 0 Å². The molecule has 14 heavy (non-hydrogen) atoms. The molecule has 5 nitrogen and oxygen atoms in total. The van der Waals surface area contributed by atoms with Crippen LogP contribution in [0.15, 0.2) is 24.5 Å². The van der Waals surface area contributed by atoms with E-state index >= 15 is 0 Å². The molecule has 5 heteroatoms. The molecule has 1 heterocycles. The van der Waals surface area contributed by atoms with E-state index in [1.807, 2.05) is 0 Å². The summed E-state index contributed by atoms with van der Waals surface area (Å²) in [6, 6.07) is 3.37. The maximum absolute atomic E-state index is 11.3. The van der Waals surface area contributed by atoms with Crippen LogP contribution in [0.2, 0.25) is 0 Å². The number of likely N-dealkylation sites (N-methyl/N-ethyl adjacent to an activating group) is 1. The van der Waals surface area contributed by atoms with Crippen molar-refractivity contribution in [2.45, 2.75) is 0 Å².